The van der Waals surface area contributed by atoms with Gasteiger partial charge < -0.3 is 24.8 Å². The molecule has 0 radical (unpaired) electrons. The zero-order valence-electron chi connectivity index (χ0n) is 20.4. The summed E-state index contributed by atoms with van der Waals surface area (Å²) in [4.78, 5) is 36.6. The number of hydrogen-bond donors (Lipinski definition) is 2. The summed E-state index contributed by atoms with van der Waals surface area (Å²) in [5.74, 6) is 0.599. The number of nitrogens with zero attached hydrogens (tertiary/aromatic N) is 6. The smallest absolute Gasteiger partial charge is 0.257 e. The van der Waals surface area contributed by atoms with Crippen molar-refractivity contribution in [3.05, 3.63) is 42.4 Å². The molecular formula is C25H28N8O3. The molecule has 2 N–H and O–H groups in total. The van der Waals surface area contributed by atoms with E-state index in [1.807, 2.05) is 38.5 Å². The second kappa shape index (κ2) is 8.59. The van der Waals surface area contributed by atoms with Crippen LogP contribution in [0, 0.1) is 0 Å². The summed E-state index contributed by atoms with van der Waals surface area (Å²) in [6, 6.07) is 5.79. The Kier molecular flexibility index (Phi) is 5.36. The first-order chi connectivity index (χ1) is 17.5. The lowest BCUT2D eigenvalue weighted by Gasteiger charge is -2.35. The van der Waals surface area contributed by atoms with E-state index in [-0.39, 0.29) is 30.0 Å². The van der Waals surface area contributed by atoms with E-state index in [1.54, 1.807) is 28.9 Å². The Balaban J connectivity index is 1.44. The molecule has 6 rings (SSSR count). The van der Waals surface area contributed by atoms with Crippen molar-refractivity contribution in [1.29, 1.82) is 0 Å². The molecule has 0 aromatic carbocycles. The average Bonchev–Trinajstić information content (AvgIpc) is 3.56. The molecule has 1 aliphatic carbocycles. The number of anilines is 1. The Morgan fingerprint density at radius 1 is 1.25 bits per heavy atom. The molecule has 0 spiro atoms. The quantitative estimate of drug-likeness (QED) is 0.427. The minimum absolute atomic E-state index is 0.00587. The largest absolute Gasteiger partial charge is 0.379 e. The van der Waals surface area contributed by atoms with Crippen molar-refractivity contribution in [1.82, 2.24) is 34.4 Å². The first kappa shape index (κ1) is 22.5. The topological polar surface area (TPSA) is 119 Å². The van der Waals surface area contributed by atoms with Crippen LogP contribution in [0.1, 0.15) is 35.7 Å². The number of amides is 2. The third-order valence-electron chi connectivity index (χ3n) is 7.38. The lowest BCUT2D eigenvalue weighted by Crippen LogP contribution is -2.51. The van der Waals surface area contributed by atoms with Gasteiger partial charge in [0, 0.05) is 63.6 Å². The lowest BCUT2D eigenvalue weighted by atomic mass is 9.89. The van der Waals surface area contributed by atoms with Gasteiger partial charge in [-0.2, -0.15) is 9.61 Å². The van der Waals surface area contributed by atoms with Gasteiger partial charge in [-0.1, -0.05) is 0 Å². The van der Waals surface area contributed by atoms with E-state index in [0.29, 0.717) is 35.7 Å². The van der Waals surface area contributed by atoms with Crippen molar-refractivity contribution in [2.75, 3.05) is 33.1 Å². The third kappa shape index (κ3) is 3.49. The van der Waals surface area contributed by atoms with Gasteiger partial charge in [-0.3, -0.25) is 9.59 Å². The summed E-state index contributed by atoms with van der Waals surface area (Å²) >= 11 is 0. The zero-order chi connectivity index (χ0) is 25.0. The van der Waals surface area contributed by atoms with Crippen molar-refractivity contribution >= 4 is 34.3 Å². The summed E-state index contributed by atoms with van der Waals surface area (Å²) in [7, 11) is 5.29. The van der Waals surface area contributed by atoms with Gasteiger partial charge in [0.25, 0.3) is 5.91 Å². The van der Waals surface area contributed by atoms with Gasteiger partial charge in [0.2, 0.25) is 5.91 Å². The molecule has 3 atom stereocenters. The van der Waals surface area contributed by atoms with E-state index in [9.17, 15) is 9.59 Å². The van der Waals surface area contributed by atoms with E-state index in [4.69, 9.17) is 9.72 Å². The Morgan fingerprint density at radius 2 is 2.11 bits per heavy atom. The number of rotatable bonds is 6. The van der Waals surface area contributed by atoms with Crippen LogP contribution < -0.4 is 10.6 Å². The molecule has 11 heteroatoms. The van der Waals surface area contributed by atoms with Crippen LogP contribution in [0.3, 0.4) is 0 Å². The van der Waals surface area contributed by atoms with E-state index >= 15 is 0 Å². The van der Waals surface area contributed by atoms with Crippen LogP contribution in [0.5, 0.6) is 0 Å². The highest BCUT2D eigenvalue weighted by Gasteiger charge is 2.33. The number of nitrogens with one attached hydrogen (secondary N) is 2. The van der Waals surface area contributed by atoms with E-state index in [0.717, 1.165) is 29.4 Å². The van der Waals surface area contributed by atoms with Gasteiger partial charge >= 0.3 is 0 Å². The van der Waals surface area contributed by atoms with Crippen LogP contribution in [0.4, 0.5) is 5.82 Å². The van der Waals surface area contributed by atoms with Crippen molar-refractivity contribution < 1.29 is 14.3 Å². The van der Waals surface area contributed by atoms with E-state index in [2.05, 4.69) is 25.3 Å². The molecule has 11 nitrogen and oxygen atoms in total. The SMILES string of the molecule is CNc1cc(-c2cn([C@@H]3CC(=O)N(C)C3)c3ncccc23)nc2c(C(=O)NC3CC[C@@H]3OC)cnn12. The number of likely N-dealkylation sites (tertiary alicyclic amines) is 1. The predicted molar refractivity (Wildman–Crippen MR) is 134 cm³/mol. The van der Waals surface area contributed by atoms with E-state index in [1.165, 1.54) is 0 Å². The maximum Gasteiger partial charge on any atom is 0.257 e. The maximum absolute atomic E-state index is 13.2. The van der Waals surface area contributed by atoms with Gasteiger partial charge in [-0.05, 0) is 25.0 Å². The number of carbonyl (C=O) groups is 2. The molecule has 4 aromatic heterocycles. The summed E-state index contributed by atoms with van der Waals surface area (Å²) < 4.78 is 9.13. The summed E-state index contributed by atoms with van der Waals surface area (Å²) in [5.41, 5.74) is 3.23. The molecular weight excluding hydrogens is 460 g/mol. The summed E-state index contributed by atoms with van der Waals surface area (Å²) in [6.07, 6.45) is 7.60. The number of fused-ring (bicyclic) bond motifs is 2. The highest BCUT2D eigenvalue weighted by molar-refractivity contribution is 6.01. The molecule has 2 amide bonds. The fraction of sp³-hybridized carbons (Fsp3) is 0.400. The average molecular weight is 489 g/mol. The monoisotopic (exact) mass is 488 g/mol. The molecule has 2 fully saturated rings. The second-order valence-electron chi connectivity index (χ2n) is 9.46. The number of aromatic nitrogens is 5. The van der Waals surface area contributed by atoms with E-state index < -0.39 is 0 Å². The second-order valence-corrected chi connectivity index (χ2v) is 9.46. The Labute approximate surface area is 207 Å². The van der Waals surface area contributed by atoms with Crippen molar-refractivity contribution in [3.8, 4) is 11.3 Å². The predicted octanol–water partition coefficient (Wildman–Crippen LogP) is 2.10. The van der Waals surface area contributed by atoms with Crippen LogP contribution in [0.15, 0.2) is 36.8 Å². The van der Waals surface area contributed by atoms with Crippen molar-refractivity contribution in [3.63, 3.8) is 0 Å². The van der Waals surface area contributed by atoms with Gasteiger partial charge in [0.05, 0.1) is 30.1 Å². The molecule has 0 bridgehead atoms. The first-order valence-corrected chi connectivity index (χ1v) is 12.1. The molecule has 1 unspecified atom stereocenters. The molecule has 2 aliphatic rings. The number of methoxy groups -OCH3 is 1. The number of ether oxygens (including phenoxy) is 1. The van der Waals surface area contributed by atoms with Gasteiger partial charge in [-0.15, -0.1) is 0 Å². The molecule has 5 heterocycles. The van der Waals surface area contributed by atoms with Gasteiger partial charge in [0.1, 0.15) is 17.0 Å². The van der Waals surface area contributed by atoms with Gasteiger partial charge in [0.15, 0.2) is 5.65 Å². The zero-order valence-corrected chi connectivity index (χ0v) is 20.4. The van der Waals surface area contributed by atoms with Gasteiger partial charge in [-0.25, -0.2) is 9.97 Å². The Hall–Kier alpha value is -3.99. The number of hydrogen-bond acceptors (Lipinski definition) is 7. The molecule has 4 aromatic rings. The maximum atomic E-state index is 13.2. The third-order valence-corrected chi connectivity index (χ3v) is 7.38. The number of carbonyl (C=O) groups excluding carboxylic acids is 2. The normalized spacial score (nSPS) is 21.8. The number of pyridine rings is 1. The molecule has 1 saturated carbocycles. The first-order valence-electron chi connectivity index (χ1n) is 12.1. The fourth-order valence-corrected chi connectivity index (χ4v) is 5.19. The standard InChI is InChI=1S/C25H28N8O3/c1-26-21-10-19(29-24-16(11-28-33(21)24)25(35)30-18-6-7-20(18)36-3)17-13-32(14-9-22(34)31(2)12-14)23-15(17)5-4-8-27-23/h4-5,8,10-11,13-14,18,20,26H,6-7,9,12H2,1-3H3,(H,30,35)/t14-,18?,20+/m1/s1. The molecule has 186 valence electrons. The summed E-state index contributed by atoms with van der Waals surface area (Å²) in [6.45, 7) is 0.628. The minimum Gasteiger partial charge on any atom is -0.379 e. The molecule has 1 saturated heterocycles. The van der Waals surface area contributed by atoms with Crippen LogP contribution in [0.25, 0.3) is 27.9 Å². The lowest BCUT2D eigenvalue weighted by molar-refractivity contribution is -0.126. The Bertz CT molecular complexity index is 1490. The highest BCUT2D eigenvalue weighted by atomic mass is 16.5. The van der Waals surface area contributed by atoms with Crippen molar-refractivity contribution in [2.45, 2.75) is 37.5 Å². The van der Waals surface area contributed by atoms with Crippen LogP contribution >= 0.6 is 0 Å². The Morgan fingerprint density at radius 3 is 2.81 bits per heavy atom. The number of likely N-dealkylation sites (N-methyl/N-ethyl adjacent to an activating group) is 1. The van der Waals surface area contributed by atoms with Crippen LogP contribution in [-0.2, 0) is 9.53 Å². The summed E-state index contributed by atoms with van der Waals surface area (Å²) in [5, 5.41) is 11.6. The fourth-order valence-electron chi connectivity index (χ4n) is 5.19. The van der Waals surface area contributed by atoms with Crippen LogP contribution in [-0.4, -0.2) is 80.8 Å². The molecule has 36 heavy (non-hydrogen) atoms. The van der Waals surface area contributed by atoms with Crippen molar-refractivity contribution in [2.24, 2.45) is 0 Å². The molecule has 1 aliphatic heterocycles. The highest BCUT2D eigenvalue weighted by Crippen LogP contribution is 2.35. The minimum atomic E-state index is -0.222. The van der Waals surface area contributed by atoms with Crippen LogP contribution in [0.2, 0.25) is 0 Å².